The molecule has 2 bridgehead atoms. The lowest BCUT2D eigenvalue weighted by atomic mass is 9.90. The smallest absolute Gasteiger partial charge is 0.325 e. The van der Waals surface area contributed by atoms with Gasteiger partial charge in [0.1, 0.15) is 5.75 Å². The van der Waals surface area contributed by atoms with Crippen molar-refractivity contribution in [1.82, 2.24) is 5.32 Å². The molecule has 0 spiro atoms. The number of nitrogens with one attached hydrogen (secondary N) is 1. The van der Waals surface area contributed by atoms with Crippen LogP contribution in [0.1, 0.15) is 24.9 Å². The van der Waals surface area contributed by atoms with E-state index in [1.807, 2.05) is 24.3 Å². The molecule has 2 aliphatic heterocycles. The number of ether oxygens (including phenoxy) is 1. The van der Waals surface area contributed by atoms with Crippen LogP contribution in [0.4, 0.5) is 19.3 Å². The number of urea groups is 1. The SMILES string of the molecule is C[C@]12C[C@H](NC(=O)N1c1ccc(F)c(F)c1)c1ccccc1O2. The Morgan fingerprint density at radius 1 is 1.22 bits per heavy atom. The highest BCUT2D eigenvalue weighted by atomic mass is 19.2. The number of amides is 2. The number of rotatable bonds is 1. The third-order valence-corrected chi connectivity index (χ3v) is 4.34. The third kappa shape index (κ3) is 2.05. The third-order valence-electron chi connectivity index (χ3n) is 4.34. The molecule has 2 amide bonds. The first kappa shape index (κ1) is 14.0. The standard InChI is InChI=1S/C17H14F2N2O2/c1-17-9-14(11-4-2-3-5-15(11)23-17)20-16(22)21(17)10-6-7-12(18)13(19)8-10/h2-8,14H,9H2,1H3,(H,20,22)/t14-,17-/m0/s1. The van der Waals surface area contributed by atoms with E-state index in [9.17, 15) is 13.6 Å². The monoisotopic (exact) mass is 316 g/mol. The van der Waals surface area contributed by atoms with Gasteiger partial charge in [0.05, 0.1) is 11.7 Å². The summed E-state index contributed by atoms with van der Waals surface area (Å²) in [5, 5.41) is 2.90. The number of carbonyl (C=O) groups is 1. The van der Waals surface area contributed by atoms with Gasteiger partial charge in [0.15, 0.2) is 17.4 Å². The molecule has 2 aromatic carbocycles. The molecule has 2 aromatic rings. The Kier molecular flexibility index (Phi) is 2.85. The fourth-order valence-electron chi connectivity index (χ4n) is 3.34. The van der Waals surface area contributed by atoms with Crippen LogP contribution in [0, 0.1) is 11.6 Å². The zero-order valence-electron chi connectivity index (χ0n) is 12.3. The largest absolute Gasteiger partial charge is 0.467 e. The lowest BCUT2D eigenvalue weighted by Gasteiger charge is -2.50. The second-order valence-corrected chi connectivity index (χ2v) is 5.95. The summed E-state index contributed by atoms with van der Waals surface area (Å²) in [5.74, 6) is -1.28. The number of hydrogen-bond donors (Lipinski definition) is 1. The molecule has 6 heteroatoms. The number of anilines is 1. The van der Waals surface area contributed by atoms with Gasteiger partial charge in [0.25, 0.3) is 0 Å². The summed E-state index contributed by atoms with van der Waals surface area (Å²) in [6.07, 6.45) is 0.509. The number of nitrogens with zero attached hydrogens (tertiary/aromatic N) is 1. The van der Waals surface area contributed by atoms with Crippen LogP contribution in [0.15, 0.2) is 42.5 Å². The van der Waals surface area contributed by atoms with Gasteiger partial charge < -0.3 is 10.1 Å². The molecule has 0 radical (unpaired) electrons. The second-order valence-electron chi connectivity index (χ2n) is 5.95. The maximum atomic E-state index is 13.6. The van der Waals surface area contributed by atoms with Crippen LogP contribution in [0.5, 0.6) is 5.75 Å². The molecular weight excluding hydrogens is 302 g/mol. The molecule has 0 aliphatic carbocycles. The summed E-state index contributed by atoms with van der Waals surface area (Å²) in [6, 6.07) is 10.3. The number of benzene rings is 2. The van der Waals surface area contributed by atoms with E-state index in [1.54, 1.807) is 6.92 Å². The molecule has 1 saturated heterocycles. The van der Waals surface area contributed by atoms with Gasteiger partial charge in [-0.25, -0.2) is 13.6 Å². The highest BCUT2D eigenvalue weighted by molar-refractivity contribution is 5.94. The van der Waals surface area contributed by atoms with Crippen molar-refractivity contribution in [1.29, 1.82) is 0 Å². The summed E-state index contributed by atoms with van der Waals surface area (Å²) in [6.45, 7) is 1.77. The van der Waals surface area contributed by atoms with E-state index in [0.29, 0.717) is 12.2 Å². The molecular formula is C17H14F2N2O2. The Hall–Kier alpha value is -2.63. The number of hydrogen-bond acceptors (Lipinski definition) is 2. The normalized spacial score (nSPS) is 25.4. The van der Waals surface area contributed by atoms with E-state index in [-0.39, 0.29) is 11.7 Å². The van der Waals surface area contributed by atoms with Gasteiger partial charge in [-0.1, -0.05) is 18.2 Å². The summed E-state index contributed by atoms with van der Waals surface area (Å²) < 4.78 is 32.8. The molecule has 118 valence electrons. The van der Waals surface area contributed by atoms with Gasteiger partial charge in [0.2, 0.25) is 0 Å². The fourth-order valence-corrected chi connectivity index (χ4v) is 3.34. The number of para-hydroxylation sites is 1. The van der Waals surface area contributed by atoms with E-state index < -0.39 is 23.4 Å². The number of fused-ring (bicyclic) bond motifs is 4. The van der Waals surface area contributed by atoms with Crippen molar-refractivity contribution >= 4 is 11.7 Å². The Labute approximate surface area is 131 Å². The first-order chi connectivity index (χ1) is 11.0. The molecule has 1 fully saturated rings. The average molecular weight is 316 g/mol. The minimum Gasteiger partial charge on any atom is -0.467 e. The maximum absolute atomic E-state index is 13.6. The van der Waals surface area contributed by atoms with Crippen molar-refractivity contribution in [2.24, 2.45) is 0 Å². The minimum atomic E-state index is -1.00. The summed E-state index contributed by atoms with van der Waals surface area (Å²) >= 11 is 0. The van der Waals surface area contributed by atoms with Crippen LogP contribution < -0.4 is 15.0 Å². The Morgan fingerprint density at radius 3 is 2.78 bits per heavy atom. The van der Waals surface area contributed by atoms with Crippen molar-refractivity contribution in [3.63, 3.8) is 0 Å². The van der Waals surface area contributed by atoms with E-state index in [4.69, 9.17) is 4.74 Å². The minimum absolute atomic E-state index is 0.168. The highest BCUT2D eigenvalue weighted by Crippen LogP contribution is 2.45. The first-order valence-electron chi connectivity index (χ1n) is 7.32. The number of carbonyl (C=O) groups excluding carboxylic acids is 1. The Bertz CT molecular complexity index is 811. The van der Waals surface area contributed by atoms with Gasteiger partial charge in [-0.15, -0.1) is 0 Å². The van der Waals surface area contributed by atoms with E-state index in [0.717, 1.165) is 17.7 Å². The second kappa shape index (κ2) is 4.68. The van der Waals surface area contributed by atoms with Crippen molar-refractivity contribution in [3.05, 3.63) is 59.7 Å². The van der Waals surface area contributed by atoms with Gasteiger partial charge in [-0.05, 0) is 25.1 Å². The van der Waals surface area contributed by atoms with Crippen LogP contribution >= 0.6 is 0 Å². The molecule has 4 rings (SSSR count). The van der Waals surface area contributed by atoms with Gasteiger partial charge in [0, 0.05) is 18.1 Å². The van der Waals surface area contributed by atoms with Crippen molar-refractivity contribution in [2.45, 2.75) is 25.1 Å². The maximum Gasteiger partial charge on any atom is 0.325 e. The zero-order chi connectivity index (χ0) is 16.2. The molecule has 0 saturated carbocycles. The number of halogens is 2. The van der Waals surface area contributed by atoms with Crippen LogP contribution in [0.3, 0.4) is 0 Å². The molecule has 4 nitrogen and oxygen atoms in total. The molecule has 0 unspecified atom stereocenters. The highest BCUT2D eigenvalue weighted by Gasteiger charge is 2.49. The molecule has 23 heavy (non-hydrogen) atoms. The zero-order valence-corrected chi connectivity index (χ0v) is 12.3. The quantitative estimate of drug-likeness (QED) is 0.871. The predicted octanol–water partition coefficient (Wildman–Crippen LogP) is 3.73. The van der Waals surface area contributed by atoms with Crippen LogP contribution in [-0.2, 0) is 0 Å². The van der Waals surface area contributed by atoms with E-state index >= 15 is 0 Å². The lowest BCUT2D eigenvalue weighted by molar-refractivity contribution is 0.0378. The van der Waals surface area contributed by atoms with E-state index in [1.165, 1.54) is 11.0 Å². The van der Waals surface area contributed by atoms with Crippen molar-refractivity contribution in [2.75, 3.05) is 4.90 Å². The Balaban J connectivity index is 1.81. The molecule has 2 aliphatic rings. The van der Waals surface area contributed by atoms with Gasteiger partial charge in [-0.2, -0.15) is 0 Å². The van der Waals surface area contributed by atoms with Gasteiger partial charge in [-0.3, -0.25) is 4.90 Å². The van der Waals surface area contributed by atoms with Crippen LogP contribution in [0.2, 0.25) is 0 Å². The molecule has 1 N–H and O–H groups in total. The molecule has 2 atom stereocenters. The van der Waals surface area contributed by atoms with Crippen LogP contribution in [-0.4, -0.2) is 11.8 Å². The topological polar surface area (TPSA) is 41.6 Å². The summed E-state index contributed by atoms with van der Waals surface area (Å²) in [4.78, 5) is 13.9. The van der Waals surface area contributed by atoms with Crippen molar-refractivity contribution in [3.8, 4) is 5.75 Å². The first-order valence-corrected chi connectivity index (χ1v) is 7.32. The fraction of sp³-hybridized carbons (Fsp3) is 0.235. The average Bonchev–Trinajstić information content (AvgIpc) is 2.50. The lowest BCUT2D eigenvalue weighted by Crippen LogP contribution is -2.65. The molecule has 0 aromatic heterocycles. The summed E-state index contributed by atoms with van der Waals surface area (Å²) in [5.41, 5.74) is 0.205. The molecule has 2 heterocycles. The van der Waals surface area contributed by atoms with E-state index in [2.05, 4.69) is 5.32 Å². The van der Waals surface area contributed by atoms with Gasteiger partial charge >= 0.3 is 6.03 Å². The summed E-state index contributed by atoms with van der Waals surface area (Å²) in [7, 11) is 0. The Morgan fingerprint density at radius 2 is 2.00 bits per heavy atom. The van der Waals surface area contributed by atoms with Crippen molar-refractivity contribution < 1.29 is 18.3 Å². The predicted molar refractivity (Wildman–Crippen MR) is 80.2 cm³/mol. The van der Waals surface area contributed by atoms with Crippen LogP contribution in [0.25, 0.3) is 0 Å².